The van der Waals surface area contributed by atoms with Crippen LogP contribution in [0, 0.1) is 0 Å². The lowest BCUT2D eigenvalue weighted by atomic mass is 10.1. The lowest BCUT2D eigenvalue weighted by Crippen LogP contribution is -2.30. The van der Waals surface area contributed by atoms with Crippen LogP contribution in [0.1, 0.15) is 46.4 Å². The van der Waals surface area contributed by atoms with Gasteiger partial charge in [-0.2, -0.15) is 0 Å². The number of imide groups is 1. The van der Waals surface area contributed by atoms with Crippen LogP contribution in [-0.2, 0) is 9.63 Å². The van der Waals surface area contributed by atoms with E-state index in [1.165, 1.54) is 12.1 Å². The van der Waals surface area contributed by atoms with Crippen molar-refractivity contribution in [2.24, 2.45) is 0 Å². The van der Waals surface area contributed by atoms with Crippen LogP contribution in [0.15, 0.2) is 36.4 Å². The number of hydrogen-bond acceptors (Lipinski definition) is 7. The monoisotopic (exact) mass is 374 g/mol. The van der Waals surface area contributed by atoms with Crippen LogP contribution in [0.4, 0.5) is 0 Å². The molecule has 0 bridgehead atoms. The number of aromatic nitrogens is 1. The number of aromatic hydroxyl groups is 2. The molecule has 0 radical (unpaired) electrons. The highest BCUT2D eigenvalue weighted by atomic mass is 16.7. The molecule has 3 rings (SSSR count). The average Bonchev–Trinajstić information content (AvgIpc) is 3.10. The molecule has 1 aromatic carbocycles. The first-order valence-corrected chi connectivity index (χ1v) is 8.40. The molecular weight excluding hydrogens is 356 g/mol. The van der Waals surface area contributed by atoms with E-state index in [9.17, 15) is 24.6 Å². The molecule has 1 aliphatic rings. The van der Waals surface area contributed by atoms with E-state index in [0.717, 1.165) is 5.06 Å². The zero-order valence-corrected chi connectivity index (χ0v) is 14.3. The molecule has 0 atom stereocenters. The fourth-order valence-electron chi connectivity index (χ4n) is 2.63. The largest absolute Gasteiger partial charge is 0.492 e. The van der Waals surface area contributed by atoms with E-state index >= 15 is 0 Å². The van der Waals surface area contributed by atoms with E-state index in [1.807, 2.05) is 0 Å². The van der Waals surface area contributed by atoms with Crippen LogP contribution in [0.5, 0.6) is 11.8 Å². The SMILES string of the molecule is O=C(CCCCCON1C(=O)c2ccccc2C1=O)On1c(O)ccc1O. The standard InChI is InChI=1S/C18H18N2O7/c21-14-9-10-15(22)19(14)27-16(23)8-2-1-5-11-26-20-17(24)12-6-3-4-7-13(12)18(20)25/h3-4,6-7,9-10,21-22H,1-2,5,8,11H2. The van der Waals surface area contributed by atoms with Crippen molar-refractivity contribution in [2.45, 2.75) is 25.7 Å². The number of amides is 2. The molecule has 2 amide bonds. The minimum Gasteiger partial charge on any atom is -0.492 e. The highest BCUT2D eigenvalue weighted by Gasteiger charge is 2.36. The summed E-state index contributed by atoms with van der Waals surface area (Å²) in [6, 6.07) is 8.90. The summed E-state index contributed by atoms with van der Waals surface area (Å²) in [6.07, 6.45) is 1.68. The Morgan fingerprint density at radius 3 is 2.07 bits per heavy atom. The number of fused-ring (bicyclic) bond motifs is 1. The molecule has 9 heteroatoms. The summed E-state index contributed by atoms with van der Waals surface area (Å²) < 4.78 is 0.633. The second kappa shape index (κ2) is 7.92. The second-order valence-electron chi connectivity index (χ2n) is 5.90. The van der Waals surface area contributed by atoms with Gasteiger partial charge in [0.25, 0.3) is 11.8 Å². The van der Waals surface area contributed by atoms with Crippen molar-refractivity contribution in [1.29, 1.82) is 0 Å². The first kappa shape index (κ1) is 18.5. The Morgan fingerprint density at radius 1 is 0.889 bits per heavy atom. The molecule has 2 N–H and O–H groups in total. The quantitative estimate of drug-likeness (QED) is 0.533. The minimum atomic E-state index is -0.613. The van der Waals surface area contributed by atoms with Crippen LogP contribution in [0.2, 0.25) is 0 Å². The zero-order valence-electron chi connectivity index (χ0n) is 14.3. The van der Waals surface area contributed by atoms with Crippen molar-refractivity contribution in [3.63, 3.8) is 0 Å². The highest BCUT2D eigenvalue weighted by Crippen LogP contribution is 2.23. The highest BCUT2D eigenvalue weighted by molar-refractivity contribution is 6.20. The van der Waals surface area contributed by atoms with Gasteiger partial charge in [0.1, 0.15) is 0 Å². The summed E-state index contributed by atoms with van der Waals surface area (Å²) in [5.41, 5.74) is 0.642. The third kappa shape index (κ3) is 3.93. The molecule has 0 saturated heterocycles. The lowest BCUT2D eigenvalue weighted by Gasteiger charge is -2.13. The molecule has 0 unspecified atom stereocenters. The number of carbonyl (C=O) groups is 3. The molecule has 1 aliphatic heterocycles. The maximum atomic E-state index is 12.1. The summed E-state index contributed by atoms with van der Waals surface area (Å²) in [5, 5.41) is 19.5. The second-order valence-corrected chi connectivity index (χ2v) is 5.90. The van der Waals surface area contributed by atoms with Crippen molar-refractivity contribution in [2.75, 3.05) is 6.61 Å². The zero-order chi connectivity index (χ0) is 19.4. The van der Waals surface area contributed by atoms with Crippen LogP contribution in [0.25, 0.3) is 0 Å². The Bertz CT molecular complexity index is 820. The Labute approximate surface area is 154 Å². The van der Waals surface area contributed by atoms with Crippen LogP contribution < -0.4 is 4.84 Å². The first-order chi connectivity index (χ1) is 13.0. The van der Waals surface area contributed by atoms with E-state index < -0.39 is 17.8 Å². The molecule has 1 aromatic heterocycles. The molecular formula is C18H18N2O7. The maximum Gasteiger partial charge on any atom is 0.333 e. The number of rotatable bonds is 8. The average molecular weight is 374 g/mol. The van der Waals surface area contributed by atoms with Gasteiger partial charge in [0, 0.05) is 18.6 Å². The summed E-state index contributed by atoms with van der Waals surface area (Å²) in [6.45, 7) is 0.152. The molecule has 2 aromatic rings. The molecule has 142 valence electrons. The van der Waals surface area contributed by atoms with Crippen LogP contribution in [-0.4, -0.2) is 44.4 Å². The Hall–Kier alpha value is -3.33. The third-order valence-corrected chi connectivity index (χ3v) is 3.99. The molecule has 9 nitrogen and oxygen atoms in total. The van der Waals surface area contributed by atoms with Crippen LogP contribution in [0.3, 0.4) is 0 Å². The minimum absolute atomic E-state index is 0.0735. The number of hydrogen-bond donors (Lipinski definition) is 2. The number of benzene rings is 1. The fourth-order valence-corrected chi connectivity index (χ4v) is 2.63. The van der Waals surface area contributed by atoms with Gasteiger partial charge in [-0.05, 0) is 25.0 Å². The Morgan fingerprint density at radius 2 is 1.48 bits per heavy atom. The number of nitrogens with zero attached hydrogens (tertiary/aromatic N) is 2. The Balaban J connectivity index is 1.35. The summed E-state index contributed by atoms with van der Waals surface area (Å²) in [5.74, 6) is -2.33. The topological polar surface area (TPSA) is 118 Å². The predicted molar refractivity (Wildman–Crippen MR) is 90.7 cm³/mol. The van der Waals surface area contributed by atoms with Crippen molar-refractivity contribution in [3.8, 4) is 11.8 Å². The molecule has 27 heavy (non-hydrogen) atoms. The Kier molecular flexibility index (Phi) is 5.41. The maximum absolute atomic E-state index is 12.1. The summed E-state index contributed by atoms with van der Waals surface area (Å²) in [7, 11) is 0. The van der Waals surface area contributed by atoms with Gasteiger partial charge in [0.15, 0.2) is 0 Å². The summed E-state index contributed by atoms with van der Waals surface area (Å²) in [4.78, 5) is 46.0. The van der Waals surface area contributed by atoms with Gasteiger partial charge >= 0.3 is 5.97 Å². The van der Waals surface area contributed by atoms with Gasteiger partial charge < -0.3 is 15.1 Å². The number of hydroxylamine groups is 2. The van der Waals surface area contributed by atoms with Crippen molar-refractivity contribution < 1.29 is 34.3 Å². The number of unbranched alkanes of at least 4 members (excludes halogenated alkanes) is 2. The van der Waals surface area contributed by atoms with E-state index in [0.29, 0.717) is 35.1 Å². The van der Waals surface area contributed by atoms with Gasteiger partial charge in [0.2, 0.25) is 11.8 Å². The molecule has 2 heterocycles. The predicted octanol–water partition coefficient (Wildman–Crippen LogP) is 1.64. The van der Waals surface area contributed by atoms with Gasteiger partial charge in [0.05, 0.1) is 17.7 Å². The molecule has 0 fully saturated rings. The van der Waals surface area contributed by atoms with Gasteiger partial charge in [-0.15, -0.1) is 9.79 Å². The molecule has 0 spiro atoms. The van der Waals surface area contributed by atoms with E-state index in [4.69, 9.17) is 9.68 Å². The normalized spacial score (nSPS) is 13.1. The van der Waals surface area contributed by atoms with Gasteiger partial charge in [-0.1, -0.05) is 18.6 Å². The van der Waals surface area contributed by atoms with Gasteiger partial charge in [-0.25, -0.2) is 4.79 Å². The van der Waals surface area contributed by atoms with Crippen molar-refractivity contribution in [1.82, 2.24) is 9.79 Å². The number of carbonyl (C=O) groups excluding carboxylic acids is 3. The first-order valence-electron chi connectivity index (χ1n) is 8.40. The van der Waals surface area contributed by atoms with Crippen molar-refractivity contribution >= 4 is 17.8 Å². The van der Waals surface area contributed by atoms with E-state index in [2.05, 4.69) is 0 Å². The third-order valence-electron chi connectivity index (χ3n) is 3.99. The fraction of sp³-hybridized carbons (Fsp3) is 0.278. The van der Waals surface area contributed by atoms with E-state index in [1.54, 1.807) is 24.3 Å². The van der Waals surface area contributed by atoms with Gasteiger partial charge in [-0.3, -0.25) is 14.4 Å². The van der Waals surface area contributed by atoms with Crippen molar-refractivity contribution in [3.05, 3.63) is 47.5 Å². The smallest absolute Gasteiger partial charge is 0.333 e. The molecule has 0 aliphatic carbocycles. The molecule has 0 saturated carbocycles. The van der Waals surface area contributed by atoms with E-state index in [-0.39, 0.29) is 24.8 Å². The summed E-state index contributed by atoms with van der Waals surface area (Å²) >= 11 is 0. The van der Waals surface area contributed by atoms with Crippen LogP contribution >= 0.6 is 0 Å². The lowest BCUT2D eigenvalue weighted by molar-refractivity contribution is -0.145.